The van der Waals surface area contributed by atoms with Gasteiger partial charge in [-0.3, -0.25) is 0 Å². The van der Waals surface area contributed by atoms with Crippen molar-refractivity contribution in [3.8, 4) is 0 Å². The quantitative estimate of drug-likeness (QED) is 0.768. The van der Waals surface area contributed by atoms with E-state index >= 15 is 0 Å². The highest BCUT2D eigenvalue weighted by Crippen LogP contribution is 2.17. The van der Waals surface area contributed by atoms with Crippen molar-refractivity contribution in [3.63, 3.8) is 0 Å². The van der Waals surface area contributed by atoms with Crippen LogP contribution >= 0.6 is 0 Å². The van der Waals surface area contributed by atoms with Crippen LogP contribution in [-0.2, 0) is 10.0 Å². The number of sulfonamides is 1. The van der Waals surface area contributed by atoms with Crippen LogP contribution in [0.1, 0.15) is 39.5 Å². The van der Waals surface area contributed by atoms with Crippen LogP contribution in [-0.4, -0.2) is 44.2 Å². The zero-order valence-corrected chi connectivity index (χ0v) is 11.2. The molecule has 0 spiro atoms. The topological polar surface area (TPSA) is 49.4 Å². The average molecular weight is 248 g/mol. The van der Waals surface area contributed by atoms with Gasteiger partial charge in [0.15, 0.2) is 0 Å². The fourth-order valence-electron chi connectivity index (χ4n) is 2.15. The number of hydrogen-bond acceptors (Lipinski definition) is 3. The maximum absolute atomic E-state index is 12.4. The first-order valence-electron chi connectivity index (χ1n) is 6.32. The summed E-state index contributed by atoms with van der Waals surface area (Å²) in [6.45, 7) is 6.94. The predicted molar refractivity (Wildman–Crippen MR) is 67.0 cm³/mol. The Kier molecular flexibility index (Phi) is 5.72. The molecule has 96 valence electrons. The lowest BCUT2D eigenvalue weighted by Crippen LogP contribution is -2.46. The minimum absolute atomic E-state index is 0.209. The summed E-state index contributed by atoms with van der Waals surface area (Å²) < 4.78 is 26.4. The first-order chi connectivity index (χ1) is 7.62. The Labute approximate surface area is 99.5 Å². The zero-order valence-electron chi connectivity index (χ0n) is 10.4. The summed E-state index contributed by atoms with van der Waals surface area (Å²) in [5.41, 5.74) is 0. The molecule has 1 rings (SSSR count). The van der Waals surface area contributed by atoms with Crippen LogP contribution in [0.4, 0.5) is 0 Å². The van der Waals surface area contributed by atoms with E-state index in [1.54, 1.807) is 4.31 Å². The van der Waals surface area contributed by atoms with E-state index in [2.05, 4.69) is 5.32 Å². The number of hydrogen-bond donors (Lipinski definition) is 1. The molecule has 1 unspecified atom stereocenters. The molecule has 0 radical (unpaired) electrons. The van der Waals surface area contributed by atoms with E-state index in [-0.39, 0.29) is 5.25 Å². The number of rotatable bonds is 6. The van der Waals surface area contributed by atoms with Crippen LogP contribution in [0.2, 0.25) is 0 Å². The summed E-state index contributed by atoms with van der Waals surface area (Å²) in [6.07, 6.45) is 3.55. The van der Waals surface area contributed by atoms with Gasteiger partial charge in [-0.1, -0.05) is 13.8 Å². The molecule has 1 heterocycles. The van der Waals surface area contributed by atoms with Gasteiger partial charge in [-0.2, -0.15) is 0 Å². The van der Waals surface area contributed by atoms with Gasteiger partial charge in [0.2, 0.25) is 10.0 Å². The number of piperidine rings is 1. The van der Waals surface area contributed by atoms with E-state index in [0.717, 1.165) is 32.2 Å². The summed E-state index contributed by atoms with van der Waals surface area (Å²) in [4.78, 5) is 0. The molecule has 0 aromatic heterocycles. The summed E-state index contributed by atoms with van der Waals surface area (Å²) in [6, 6.07) is 0. The summed E-state index contributed by atoms with van der Waals surface area (Å²) in [5, 5.41) is 2.97. The molecule has 1 aliphatic heterocycles. The van der Waals surface area contributed by atoms with Gasteiger partial charge in [0.05, 0.1) is 5.25 Å². The lowest BCUT2D eigenvalue weighted by atomic mass is 10.2. The third kappa shape index (κ3) is 3.43. The van der Waals surface area contributed by atoms with Gasteiger partial charge in [-0.15, -0.1) is 0 Å². The van der Waals surface area contributed by atoms with Crippen LogP contribution in [0, 0.1) is 0 Å². The van der Waals surface area contributed by atoms with Crippen molar-refractivity contribution in [3.05, 3.63) is 0 Å². The highest BCUT2D eigenvalue weighted by atomic mass is 32.2. The van der Waals surface area contributed by atoms with Gasteiger partial charge < -0.3 is 5.32 Å². The summed E-state index contributed by atoms with van der Waals surface area (Å²) in [7, 11) is -3.08. The zero-order chi connectivity index (χ0) is 12.0. The molecule has 1 saturated heterocycles. The summed E-state index contributed by atoms with van der Waals surface area (Å²) >= 11 is 0. The predicted octanol–water partition coefficient (Wildman–Crippen LogP) is 1.19. The van der Waals surface area contributed by atoms with Crippen LogP contribution < -0.4 is 5.32 Å². The van der Waals surface area contributed by atoms with E-state index in [1.807, 2.05) is 13.8 Å². The van der Waals surface area contributed by atoms with E-state index in [9.17, 15) is 8.42 Å². The van der Waals surface area contributed by atoms with E-state index in [1.165, 1.54) is 0 Å². The number of nitrogens with zero attached hydrogens (tertiary/aromatic N) is 1. The van der Waals surface area contributed by atoms with E-state index in [0.29, 0.717) is 19.6 Å². The molecule has 1 atom stereocenters. The molecular weight excluding hydrogens is 224 g/mol. The molecule has 1 N–H and O–H groups in total. The third-order valence-electron chi connectivity index (χ3n) is 2.98. The van der Waals surface area contributed by atoms with Crippen LogP contribution in [0.5, 0.6) is 0 Å². The second-order valence-electron chi connectivity index (χ2n) is 4.41. The molecule has 0 amide bonds. The molecule has 4 nitrogen and oxygen atoms in total. The average Bonchev–Trinajstić information content (AvgIpc) is 2.30. The fraction of sp³-hybridized carbons (Fsp3) is 1.00. The normalized spacial score (nSPS) is 22.6. The van der Waals surface area contributed by atoms with Crippen LogP contribution in [0.15, 0.2) is 0 Å². The first-order valence-corrected chi connectivity index (χ1v) is 7.83. The maximum atomic E-state index is 12.4. The van der Waals surface area contributed by atoms with Gasteiger partial charge in [0, 0.05) is 19.6 Å². The second kappa shape index (κ2) is 6.57. The Balaban J connectivity index is 2.70. The maximum Gasteiger partial charge on any atom is 0.218 e. The van der Waals surface area contributed by atoms with Crippen molar-refractivity contribution in [2.75, 3.05) is 26.2 Å². The van der Waals surface area contributed by atoms with Crippen molar-refractivity contribution >= 4 is 10.0 Å². The van der Waals surface area contributed by atoms with Gasteiger partial charge in [-0.05, 0) is 32.2 Å². The molecule has 1 fully saturated rings. The van der Waals surface area contributed by atoms with Gasteiger partial charge in [-0.25, -0.2) is 12.7 Å². The fourth-order valence-corrected chi connectivity index (χ4v) is 4.24. The molecule has 0 aromatic rings. The van der Waals surface area contributed by atoms with Crippen molar-refractivity contribution in [1.82, 2.24) is 9.62 Å². The lowest BCUT2D eigenvalue weighted by molar-refractivity contribution is 0.389. The first kappa shape index (κ1) is 13.9. The number of nitrogens with one attached hydrogen (secondary N) is 1. The van der Waals surface area contributed by atoms with Crippen molar-refractivity contribution in [1.29, 1.82) is 0 Å². The Morgan fingerprint density at radius 2 is 1.88 bits per heavy atom. The lowest BCUT2D eigenvalue weighted by Gasteiger charge is -2.29. The Bertz CT molecular complexity index is 278. The monoisotopic (exact) mass is 248 g/mol. The van der Waals surface area contributed by atoms with Crippen LogP contribution in [0.3, 0.4) is 0 Å². The highest BCUT2D eigenvalue weighted by Gasteiger charge is 2.31. The molecule has 5 heteroatoms. The molecule has 1 aliphatic rings. The molecular formula is C11H24N2O2S. The summed E-state index contributed by atoms with van der Waals surface area (Å²) in [5.74, 6) is 0. The van der Waals surface area contributed by atoms with Gasteiger partial charge in [0.1, 0.15) is 0 Å². The van der Waals surface area contributed by atoms with Gasteiger partial charge in [0.25, 0.3) is 0 Å². The molecule has 0 aromatic carbocycles. The van der Waals surface area contributed by atoms with Crippen molar-refractivity contribution in [2.45, 2.75) is 44.8 Å². The Morgan fingerprint density at radius 1 is 1.25 bits per heavy atom. The van der Waals surface area contributed by atoms with Gasteiger partial charge >= 0.3 is 0 Å². The smallest absolute Gasteiger partial charge is 0.218 e. The second-order valence-corrected chi connectivity index (χ2v) is 6.63. The Morgan fingerprint density at radius 3 is 2.31 bits per heavy atom. The van der Waals surface area contributed by atoms with E-state index < -0.39 is 10.0 Å². The van der Waals surface area contributed by atoms with E-state index in [4.69, 9.17) is 0 Å². The molecule has 0 aliphatic carbocycles. The van der Waals surface area contributed by atoms with Crippen LogP contribution in [0.25, 0.3) is 0 Å². The molecule has 16 heavy (non-hydrogen) atoms. The standard InChI is InChI=1S/C11H24N2O2S/c1-3-8-13(9-4-2)16(14,15)11-6-5-7-12-10-11/h11-12H,3-10H2,1-2H3. The molecule has 0 saturated carbocycles. The van der Waals surface area contributed by atoms with Crippen molar-refractivity contribution in [2.24, 2.45) is 0 Å². The third-order valence-corrected chi connectivity index (χ3v) is 5.31. The highest BCUT2D eigenvalue weighted by molar-refractivity contribution is 7.89. The largest absolute Gasteiger partial charge is 0.315 e. The minimum atomic E-state index is -3.08. The Hall–Kier alpha value is -0.130. The SMILES string of the molecule is CCCN(CCC)S(=O)(=O)C1CCCNC1. The van der Waals surface area contributed by atoms with Crippen molar-refractivity contribution < 1.29 is 8.42 Å². The minimum Gasteiger partial charge on any atom is -0.315 e. The molecule has 0 bridgehead atoms.